The molecule has 2 aromatic heterocycles. The summed E-state index contributed by atoms with van der Waals surface area (Å²) in [6, 6.07) is 5.70. The summed E-state index contributed by atoms with van der Waals surface area (Å²) < 4.78 is 45.5. The molecule has 36 heavy (non-hydrogen) atoms. The van der Waals surface area contributed by atoms with Crippen molar-refractivity contribution in [1.82, 2.24) is 14.9 Å². The van der Waals surface area contributed by atoms with Crippen LogP contribution in [0.25, 0.3) is 10.9 Å². The number of methoxy groups -OCH3 is 1. The van der Waals surface area contributed by atoms with Crippen LogP contribution in [0.5, 0.6) is 0 Å². The number of hydrogen-bond acceptors (Lipinski definition) is 4. The highest BCUT2D eigenvalue weighted by atomic mass is 79.9. The first kappa shape index (κ1) is 26.0. The lowest BCUT2D eigenvalue weighted by atomic mass is 9.89. The van der Waals surface area contributed by atoms with E-state index in [2.05, 4.69) is 37.4 Å². The first-order valence-corrected chi connectivity index (χ1v) is 15.4. The fourth-order valence-electron chi connectivity index (χ4n) is 4.23. The van der Waals surface area contributed by atoms with Crippen molar-refractivity contribution >= 4 is 46.8 Å². The molecule has 3 heterocycles. The predicted octanol–water partition coefficient (Wildman–Crippen LogP) is 5.24. The van der Waals surface area contributed by atoms with Gasteiger partial charge in [-0.3, -0.25) is 9.78 Å². The summed E-state index contributed by atoms with van der Waals surface area (Å²) in [6.45, 7) is 5.93. The minimum Gasteiger partial charge on any atom is -0.467 e. The van der Waals surface area contributed by atoms with Crippen LogP contribution < -0.4 is 0 Å². The Labute approximate surface area is 215 Å². The van der Waals surface area contributed by atoms with Gasteiger partial charge in [0, 0.05) is 33.7 Å². The number of carbonyl (C=O) groups is 2. The van der Waals surface area contributed by atoms with Gasteiger partial charge < -0.3 is 14.6 Å². The molecule has 0 saturated carbocycles. The number of hydrogen-bond donors (Lipinski definition) is 1. The Hall–Kier alpha value is -3.10. The standard InChI is InChI=1S/C25H23BrF3N3O3Si/c1-35-24(34)20-12-17-16-11-15(26)6-8-18(16)31-22(17)23(32(20)21(33)9-10-36(2,3)4)19-7-5-14(13-30-19)25(27,28)29/h5-8,11,13,20,23,31H,12H2,1-4H3/t20-,23-/m1/s1. The highest BCUT2D eigenvalue weighted by Gasteiger charge is 2.44. The monoisotopic (exact) mass is 577 g/mol. The molecule has 1 aromatic carbocycles. The highest BCUT2D eigenvalue weighted by Crippen LogP contribution is 2.41. The van der Waals surface area contributed by atoms with E-state index in [0.717, 1.165) is 33.2 Å². The van der Waals surface area contributed by atoms with Gasteiger partial charge in [-0.1, -0.05) is 35.6 Å². The number of H-pyrrole nitrogens is 1. The molecule has 6 nitrogen and oxygen atoms in total. The quantitative estimate of drug-likeness (QED) is 0.257. The van der Waals surface area contributed by atoms with E-state index in [1.807, 2.05) is 37.8 Å². The van der Waals surface area contributed by atoms with Crippen molar-refractivity contribution in [3.05, 3.63) is 63.5 Å². The van der Waals surface area contributed by atoms with E-state index in [9.17, 15) is 22.8 Å². The molecule has 2 atom stereocenters. The number of rotatable bonds is 2. The number of benzene rings is 1. The van der Waals surface area contributed by atoms with Crippen molar-refractivity contribution in [3.8, 4) is 11.5 Å². The number of aromatic nitrogens is 2. The fourth-order valence-corrected chi connectivity index (χ4v) is 5.07. The van der Waals surface area contributed by atoms with Crippen molar-refractivity contribution in [2.75, 3.05) is 7.11 Å². The topological polar surface area (TPSA) is 75.3 Å². The number of esters is 1. The molecule has 1 aliphatic rings. The third-order valence-corrected chi connectivity index (χ3v) is 7.20. The molecule has 0 unspecified atom stereocenters. The van der Waals surface area contributed by atoms with Crippen molar-refractivity contribution in [1.29, 1.82) is 0 Å². The van der Waals surface area contributed by atoms with E-state index < -0.39 is 43.8 Å². The Bertz CT molecular complexity index is 1400. The zero-order valence-electron chi connectivity index (χ0n) is 20.0. The molecule has 0 aliphatic carbocycles. The van der Waals surface area contributed by atoms with E-state index >= 15 is 0 Å². The number of nitrogens with one attached hydrogen (secondary N) is 1. The van der Waals surface area contributed by atoms with Gasteiger partial charge in [-0.05, 0) is 41.8 Å². The summed E-state index contributed by atoms with van der Waals surface area (Å²) in [6.07, 6.45) is -3.69. The highest BCUT2D eigenvalue weighted by molar-refractivity contribution is 9.10. The van der Waals surface area contributed by atoms with E-state index in [4.69, 9.17) is 4.74 Å². The Balaban J connectivity index is 1.96. The van der Waals surface area contributed by atoms with Crippen LogP contribution in [0, 0.1) is 11.5 Å². The summed E-state index contributed by atoms with van der Waals surface area (Å²) in [4.78, 5) is 35.1. The Kier molecular flexibility index (Phi) is 6.79. The molecule has 1 amide bonds. The average molecular weight is 578 g/mol. The number of carbonyl (C=O) groups excluding carboxylic acids is 2. The number of ether oxygens (including phenoxy) is 1. The second-order valence-electron chi connectivity index (χ2n) is 9.53. The molecule has 188 valence electrons. The van der Waals surface area contributed by atoms with Crippen LogP contribution in [0.15, 0.2) is 41.0 Å². The molecule has 4 rings (SSSR count). The maximum absolute atomic E-state index is 13.5. The van der Waals surface area contributed by atoms with Crippen LogP contribution in [-0.2, 0) is 26.9 Å². The van der Waals surface area contributed by atoms with Gasteiger partial charge in [0.2, 0.25) is 0 Å². The van der Waals surface area contributed by atoms with Crippen LogP contribution >= 0.6 is 15.9 Å². The molecule has 1 aliphatic heterocycles. The normalized spacial score (nSPS) is 17.8. The smallest absolute Gasteiger partial charge is 0.417 e. The Morgan fingerprint density at radius 2 is 1.94 bits per heavy atom. The summed E-state index contributed by atoms with van der Waals surface area (Å²) in [7, 11) is -0.726. The Morgan fingerprint density at radius 3 is 2.53 bits per heavy atom. The average Bonchev–Trinajstić information content (AvgIpc) is 3.17. The van der Waals surface area contributed by atoms with Gasteiger partial charge in [0.25, 0.3) is 5.91 Å². The molecule has 3 aromatic rings. The third-order valence-electron chi connectivity index (χ3n) is 5.83. The summed E-state index contributed by atoms with van der Waals surface area (Å²) >= 11 is 3.46. The van der Waals surface area contributed by atoms with Gasteiger partial charge in [-0.2, -0.15) is 13.2 Å². The summed E-state index contributed by atoms with van der Waals surface area (Å²) in [5, 5.41) is 0.825. The predicted molar refractivity (Wildman–Crippen MR) is 135 cm³/mol. The molecule has 11 heteroatoms. The van der Waals surface area contributed by atoms with E-state index in [1.165, 1.54) is 18.1 Å². The lowest BCUT2D eigenvalue weighted by molar-refractivity contribution is -0.153. The van der Waals surface area contributed by atoms with Gasteiger partial charge in [0.05, 0.1) is 18.4 Å². The summed E-state index contributed by atoms with van der Waals surface area (Å²) in [5.74, 6) is 1.40. The minimum absolute atomic E-state index is 0.149. The zero-order chi connectivity index (χ0) is 26.4. The van der Waals surface area contributed by atoms with Gasteiger partial charge in [0.15, 0.2) is 0 Å². The molecule has 1 N–H and O–H groups in total. The molecule has 0 spiro atoms. The van der Waals surface area contributed by atoms with Gasteiger partial charge in [-0.25, -0.2) is 4.79 Å². The Morgan fingerprint density at radius 1 is 1.22 bits per heavy atom. The van der Waals surface area contributed by atoms with Crippen molar-refractivity contribution in [2.45, 2.75) is 44.3 Å². The SMILES string of the molecule is COC(=O)[C@H]1Cc2c([nH]c3ccc(Br)cc23)[C@@H](c2ccc(C(F)(F)F)cn2)N1C(=O)C#C[Si](C)(C)C. The van der Waals surface area contributed by atoms with Crippen LogP contribution in [0.3, 0.4) is 0 Å². The number of aromatic amines is 1. The van der Waals surface area contributed by atoms with Gasteiger partial charge in [0.1, 0.15) is 20.2 Å². The first-order valence-electron chi connectivity index (χ1n) is 11.1. The number of halogens is 4. The lowest BCUT2D eigenvalue weighted by Crippen LogP contribution is -2.51. The largest absolute Gasteiger partial charge is 0.467 e. The first-order chi connectivity index (χ1) is 16.8. The van der Waals surface area contributed by atoms with E-state index in [-0.39, 0.29) is 12.1 Å². The fraction of sp³-hybridized carbons (Fsp3) is 0.320. The molecule has 0 fully saturated rings. The van der Waals surface area contributed by atoms with Gasteiger partial charge >= 0.3 is 12.1 Å². The maximum Gasteiger partial charge on any atom is 0.417 e. The number of alkyl halides is 3. The second-order valence-corrected chi connectivity index (χ2v) is 15.2. The maximum atomic E-state index is 13.5. The molecule has 0 radical (unpaired) electrons. The van der Waals surface area contributed by atoms with Crippen LogP contribution in [0.2, 0.25) is 19.6 Å². The molecule has 0 saturated heterocycles. The second kappa shape index (κ2) is 9.41. The molecule has 0 bridgehead atoms. The van der Waals surface area contributed by atoms with Crippen molar-refractivity contribution in [2.24, 2.45) is 0 Å². The third kappa shape index (κ3) is 5.06. The molecular formula is C25H23BrF3N3O3Si. The minimum atomic E-state index is -4.57. The molecular weight excluding hydrogens is 555 g/mol. The van der Waals surface area contributed by atoms with Crippen molar-refractivity contribution in [3.63, 3.8) is 0 Å². The van der Waals surface area contributed by atoms with Crippen LogP contribution in [0.1, 0.15) is 28.6 Å². The van der Waals surface area contributed by atoms with Crippen LogP contribution in [0.4, 0.5) is 13.2 Å². The lowest BCUT2D eigenvalue weighted by Gasteiger charge is -2.39. The number of fused-ring (bicyclic) bond motifs is 3. The van der Waals surface area contributed by atoms with E-state index in [1.54, 1.807) is 0 Å². The van der Waals surface area contributed by atoms with Crippen molar-refractivity contribution < 1.29 is 27.5 Å². The number of pyridine rings is 1. The van der Waals surface area contributed by atoms with Gasteiger partial charge in [-0.15, -0.1) is 5.54 Å². The van der Waals surface area contributed by atoms with E-state index in [0.29, 0.717) is 5.69 Å². The van der Waals surface area contributed by atoms with Crippen LogP contribution in [-0.4, -0.2) is 48.0 Å². The zero-order valence-corrected chi connectivity index (χ0v) is 22.5. The summed E-state index contributed by atoms with van der Waals surface area (Å²) in [5.41, 5.74) is 4.36. The number of nitrogens with zero attached hydrogens (tertiary/aromatic N) is 2. The number of amides is 1.